The Labute approximate surface area is 304 Å². The quantitative estimate of drug-likeness (QED) is 0.187. The highest BCUT2D eigenvalue weighted by molar-refractivity contribution is 5.96. The average Bonchev–Trinajstić information content (AvgIpc) is 3.35. The van der Waals surface area contributed by atoms with Crippen LogP contribution in [0.1, 0.15) is 48.4 Å². The van der Waals surface area contributed by atoms with Crippen LogP contribution in [0.5, 0.6) is 11.5 Å². The molecule has 52 heavy (non-hydrogen) atoms. The van der Waals surface area contributed by atoms with Gasteiger partial charge in [-0.25, -0.2) is 0 Å². The summed E-state index contributed by atoms with van der Waals surface area (Å²) in [7, 11) is 0. The summed E-state index contributed by atoms with van der Waals surface area (Å²) < 4.78 is 7.13. The van der Waals surface area contributed by atoms with E-state index in [-0.39, 0.29) is 11.3 Å². The van der Waals surface area contributed by atoms with Crippen molar-refractivity contribution >= 4 is 5.57 Å². The molecule has 0 spiro atoms. The molecule has 0 amide bonds. The number of aromatic nitrogens is 2. The third-order valence-corrected chi connectivity index (χ3v) is 11.1. The Morgan fingerprint density at radius 1 is 0.577 bits per heavy atom. The average molecular weight is 669 g/mol. The van der Waals surface area contributed by atoms with Gasteiger partial charge in [0.05, 0.1) is 11.4 Å². The summed E-state index contributed by atoms with van der Waals surface area (Å²) in [6, 6.07) is 47.9. The predicted octanol–water partition coefficient (Wildman–Crippen LogP) is 12.7. The van der Waals surface area contributed by atoms with E-state index >= 15 is 0 Å². The lowest BCUT2D eigenvalue weighted by Gasteiger charge is -2.26. The first-order valence-electron chi connectivity index (χ1n) is 18.1. The van der Waals surface area contributed by atoms with Crippen molar-refractivity contribution in [3.8, 4) is 67.4 Å². The minimum atomic E-state index is -0.193. The van der Waals surface area contributed by atoms with Crippen LogP contribution in [0.2, 0.25) is 0 Å². The molecule has 3 heteroatoms. The zero-order valence-electron chi connectivity index (χ0n) is 29.2. The second-order valence-corrected chi connectivity index (χ2v) is 14.5. The molecule has 1 aliphatic heterocycles. The Morgan fingerprint density at radius 2 is 1.23 bits per heavy atom. The van der Waals surface area contributed by atoms with E-state index in [0.29, 0.717) is 0 Å². The number of hydrogen-bond acceptors (Lipinski definition) is 3. The topological polar surface area (TPSA) is 35.0 Å². The van der Waals surface area contributed by atoms with Crippen LogP contribution in [0.25, 0.3) is 61.5 Å². The molecule has 3 aliphatic rings. The number of hydrogen-bond donors (Lipinski definition) is 0. The number of ether oxygens (including phenoxy) is 1. The Balaban J connectivity index is 1.11. The number of rotatable bonds is 4. The van der Waals surface area contributed by atoms with Gasteiger partial charge in [-0.15, -0.1) is 0 Å². The molecule has 0 N–H and O–H groups in total. The Hall–Kier alpha value is -6.32. The molecule has 0 fully saturated rings. The van der Waals surface area contributed by atoms with E-state index in [4.69, 9.17) is 14.7 Å². The van der Waals surface area contributed by atoms with Crippen molar-refractivity contribution in [3.63, 3.8) is 0 Å². The van der Waals surface area contributed by atoms with E-state index in [2.05, 4.69) is 141 Å². The molecule has 7 aromatic rings. The van der Waals surface area contributed by atoms with Crippen LogP contribution in [0.15, 0.2) is 164 Å². The predicted molar refractivity (Wildman–Crippen MR) is 212 cm³/mol. The molecule has 1 atom stereocenters. The van der Waals surface area contributed by atoms with Gasteiger partial charge in [-0.1, -0.05) is 105 Å². The SMILES string of the molecule is CC1(C)c2ccccc2-c2ccc3c(c21)Oc1ccc(C2=CC=CCC2c2cc(-c4ccccn4)cc(-c4ccccn4)c2)cc1-c1ccccc1-3. The largest absolute Gasteiger partial charge is 0.456 e. The maximum atomic E-state index is 7.13. The van der Waals surface area contributed by atoms with Gasteiger partial charge in [-0.3, -0.25) is 9.97 Å². The van der Waals surface area contributed by atoms with E-state index in [1.54, 1.807) is 0 Å². The molecule has 0 bridgehead atoms. The van der Waals surface area contributed by atoms with E-state index in [1.807, 2.05) is 36.7 Å². The molecule has 3 heterocycles. The number of fused-ring (bicyclic) bond motifs is 9. The molecule has 0 radical (unpaired) electrons. The molecular formula is C49H36N2O. The molecule has 5 aromatic carbocycles. The van der Waals surface area contributed by atoms with Gasteiger partial charge in [0.1, 0.15) is 11.5 Å². The van der Waals surface area contributed by atoms with E-state index in [0.717, 1.165) is 51.6 Å². The number of pyridine rings is 2. The zero-order chi connectivity index (χ0) is 34.8. The Morgan fingerprint density at radius 3 is 1.94 bits per heavy atom. The van der Waals surface area contributed by atoms with Crippen molar-refractivity contribution in [2.75, 3.05) is 0 Å². The monoisotopic (exact) mass is 668 g/mol. The van der Waals surface area contributed by atoms with Gasteiger partial charge in [0, 0.05) is 51.5 Å². The van der Waals surface area contributed by atoms with Gasteiger partial charge >= 0.3 is 0 Å². The molecule has 0 saturated carbocycles. The molecule has 2 aromatic heterocycles. The third kappa shape index (κ3) is 4.81. The van der Waals surface area contributed by atoms with Gasteiger partial charge in [0.15, 0.2) is 0 Å². The molecule has 1 unspecified atom stereocenters. The van der Waals surface area contributed by atoms with Gasteiger partial charge in [-0.2, -0.15) is 0 Å². The van der Waals surface area contributed by atoms with Crippen molar-refractivity contribution in [1.82, 2.24) is 9.97 Å². The van der Waals surface area contributed by atoms with Crippen LogP contribution < -0.4 is 4.74 Å². The lowest BCUT2D eigenvalue weighted by Crippen LogP contribution is -2.16. The van der Waals surface area contributed by atoms with Crippen LogP contribution >= 0.6 is 0 Å². The third-order valence-electron chi connectivity index (χ3n) is 11.1. The summed E-state index contributed by atoms with van der Waals surface area (Å²) in [5.41, 5.74) is 17.4. The van der Waals surface area contributed by atoms with Crippen molar-refractivity contribution in [2.45, 2.75) is 31.6 Å². The van der Waals surface area contributed by atoms with Crippen LogP contribution in [-0.2, 0) is 5.41 Å². The summed E-state index contributed by atoms with van der Waals surface area (Å²) >= 11 is 0. The van der Waals surface area contributed by atoms with Gasteiger partial charge in [0.25, 0.3) is 0 Å². The second-order valence-electron chi connectivity index (χ2n) is 14.5. The van der Waals surface area contributed by atoms with Crippen LogP contribution in [0, 0.1) is 0 Å². The normalized spacial score (nSPS) is 16.0. The number of allylic oxidation sites excluding steroid dienone is 4. The summed E-state index contributed by atoms with van der Waals surface area (Å²) in [6.45, 7) is 4.65. The van der Waals surface area contributed by atoms with Crippen molar-refractivity contribution in [1.29, 1.82) is 0 Å². The number of nitrogens with zero attached hydrogens (tertiary/aromatic N) is 2. The maximum absolute atomic E-state index is 7.13. The highest BCUT2D eigenvalue weighted by atomic mass is 16.5. The Kier molecular flexibility index (Phi) is 6.97. The van der Waals surface area contributed by atoms with Crippen LogP contribution in [-0.4, -0.2) is 9.97 Å². The summed E-state index contributed by atoms with van der Waals surface area (Å²) in [4.78, 5) is 9.44. The lowest BCUT2D eigenvalue weighted by atomic mass is 9.79. The van der Waals surface area contributed by atoms with Crippen LogP contribution in [0.4, 0.5) is 0 Å². The summed E-state index contributed by atoms with van der Waals surface area (Å²) in [5, 5.41) is 0. The minimum Gasteiger partial charge on any atom is -0.456 e. The zero-order valence-corrected chi connectivity index (χ0v) is 29.2. The van der Waals surface area contributed by atoms with Crippen LogP contribution in [0.3, 0.4) is 0 Å². The van der Waals surface area contributed by atoms with Gasteiger partial charge in [-0.05, 0) is 112 Å². The summed E-state index contributed by atoms with van der Waals surface area (Å²) in [6.07, 6.45) is 11.4. The van der Waals surface area contributed by atoms with Gasteiger partial charge < -0.3 is 4.74 Å². The lowest BCUT2D eigenvalue weighted by molar-refractivity contribution is 0.469. The van der Waals surface area contributed by atoms with Gasteiger partial charge in [0.2, 0.25) is 0 Å². The molecule has 10 rings (SSSR count). The first-order chi connectivity index (χ1) is 25.5. The van der Waals surface area contributed by atoms with Crippen molar-refractivity contribution in [3.05, 3.63) is 186 Å². The fourth-order valence-corrected chi connectivity index (χ4v) is 8.67. The first-order valence-corrected chi connectivity index (χ1v) is 18.1. The molecular weight excluding hydrogens is 633 g/mol. The smallest absolute Gasteiger partial charge is 0.139 e. The number of benzene rings is 5. The summed E-state index contributed by atoms with van der Waals surface area (Å²) in [5.74, 6) is 1.99. The fraction of sp³-hybridized carbons (Fsp3) is 0.102. The molecule has 2 aliphatic carbocycles. The maximum Gasteiger partial charge on any atom is 0.139 e. The fourth-order valence-electron chi connectivity index (χ4n) is 8.67. The highest BCUT2D eigenvalue weighted by Crippen LogP contribution is 2.58. The second kappa shape index (κ2) is 11.9. The molecule has 0 saturated heterocycles. The first kappa shape index (κ1) is 30.5. The van der Waals surface area contributed by atoms with E-state index in [1.165, 1.54) is 50.1 Å². The Bertz CT molecular complexity index is 2540. The minimum absolute atomic E-state index is 0.149. The molecule has 248 valence electrons. The van der Waals surface area contributed by atoms with Crippen molar-refractivity contribution in [2.24, 2.45) is 0 Å². The van der Waals surface area contributed by atoms with Crippen molar-refractivity contribution < 1.29 is 4.74 Å². The highest BCUT2D eigenvalue weighted by Gasteiger charge is 2.40. The van der Waals surface area contributed by atoms with E-state index < -0.39 is 0 Å². The standard InChI is InChI=1S/C49H36N2O/c1-49(2)43-18-8-7-17-39(43)40-22-23-41-37-15-5-6-16-38(37)42-30-31(21-24-46(42)52-48(41)47(40)49)35-13-3-4-14-36(35)32-27-33(44-19-9-11-25-50-44)29-34(28-32)45-20-10-12-26-51-45/h3-13,15-30,36H,14H2,1-2H3. The molecule has 3 nitrogen and oxygen atoms in total. The van der Waals surface area contributed by atoms with E-state index in [9.17, 15) is 0 Å².